The Bertz CT molecular complexity index is 709. The van der Waals surface area contributed by atoms with Gasteiger partial charge in [-0.3, -0.25) is 10.1 Å². The minimum absolute atomic E-state index is 0.0712. The maximum Gasteiger partial charge on any atom is 0.335 e. The molecule has 0 saturated carbocycles. The van der Waals surface area contributed by atoms with Gasteiger partial charge in [-0.25, -0.2) is 14.8 Å². The van der Waals surface area contributed by atoms with Gasteiger partial charge in [-0.1, -0.05) is 0 Å². The van der Waals surface area contributed by atoms with Crippen molar-refractivity contribution in [1.29, 1.82) is 0 Å². The maximum atomic E-state index is 11.0. The number of nitro benzene ring substituents is 1. The summed E-state index contributed by atoms with van der Waals surface area (Å²) in [4.78, 5) is 29.2. The van der Waals surface area contributed by atoms with E-state index in [9.17, 15) is 14.9 Å². The Morgan fingerprint density at radius 2 is 1.86 bits per heavy atom. The molecule has 0 atom stereocenters. The molecule has 1 heterocycles. The maximum absolute atomic E-state index is 11.0. The van der Waals surface area contributed by atoms with E-state index in [1.807, 2.05) is 0 Å². The van der Waals surface area contributed by atoms with Crippen LogP contribution in [0.3, 0.4) is 0 Å². The topological polar surface area (TPSA) is 115 Å². The van der Waals surface area contributed by atoms with Crippen molar-refractivity contribution in [2.75, 3.05) is 0 Å². The first-order chi connectivity index (χ1) is 9.86. The molecule has 2 aromatic rings. The Kier molecular flexibility index (Phi) is 3.79. The zero-order chi connectivity index (χ0) is 15.6. The third kappa shape index (κ3) is 3.30. The molecule has 2 rings (SSSR count). The van der Waals surface area contributed by atoms with Gasteiger partial charge < -0.3 is 9.84 Å². The lowest BCUT2D eigenvalue weighted by molar-refractivity contribution is -0.385. The van der Waals surface area contributed by atoms with Gasteiger partial charge in [0.25, 0.3) is 0 Å². The molecule has 0 aliphatic heterocycles. The monoisotopic (exact) mass is 289 g/mol. The third-order valence-electron chi connectivity index (χ3n) is 2.57. The quantitative estimate of drug-likeness (QED) is 0.678. The zero-order valence-corrected chi connectivity index (χ0v) is 11.2. The Morgan fingerprint density at radius 3 is 2.38 bits per heavy atom. The van der Waals surface area contributed by atoms with Gasteiger partial charge in [0.1, 0.15) is 0 Å². The van der Waals surface area contributed by atoms with Gasteiger partial charge in [0.05, 0.1) is 10.5 Å². The van der Waals surface area contributed by atoms with E-state index in [2.05, 4.69) is 9.97 Å². The summed E-state index contributed by atoms with van der Waals surface area (Å²) in [7, 11) is 0. The van der Waals surface area contributed by atoms with Crippen LogP contribution in [0, 0.1) is 24.0 Å². The van der Waals surface area contributed by atoms with Crippen LogP contribution in [0.1, 0.15) is 21.7 Å². The number of carboxylic acid groups (broad SMARTS) is 1. The van der Waals surface area contributed by atoms with Gasteiger partial charge >= 0.3 is 17.7 Å². The number of aromatic carboxylic acids is 1. The predicted octanol–water partition coefficient (Wildman–Crippen LogP) is 2.49. The number of nitro groups is 1. The molecule has 0 fully saturated rings. The van der Waals surface area contributed by atoms with Gasteiger partial charge in [0.15, 0.2) is 0 Å². The summed E-state index contributed by atoms with van der Waals surface area (Å²) in [6, 6.07) is 4.92. The lowest BCUT2D eigenvalue weighted by atomic mass is 10.2. The van der Waals surface area contributed by atoms with E-state index in [-0.39, 0.29) is 23.0 Å². The number of hydrogen-bond donors (Lipinski definition) is 1. The normalized spacial score (nSPS) is 10.2. The Labute approximate surface area is 119 Å². The second-order valence-corrected chi connectivity index (χ2v) is 4.28. The third-order valence-corrected chi connectivity index (χ3v) is 2.57. The number of benzene rings is 1. The van der Waals surface area contributed by atoms with Gasteiger partial charge in [-0.2, -0.15) is 0 Å². The Balaban J connectivity index is 2.47. The largest absolute Gasteiger partial charge is 0.478 e. The SMILES string of the molecule is Cc1cc(C)nc(Oc2cc(C(=O)O)ccc2[N+](=O)[O-])n1. The van der Waals surface area contributed by atoms with E-state index >= 15 is 0 Å². The average molecular weight is 289 g/mol. The van der Waals surface area contributed by atoms with Crippen LogP contribution in [0.4, 0.5) is 5.69 Å². The van der Waals surface area contributed by atoms with Gasteiger partial charge in [0.2, 0.25) is 5.75 Å². The number of ether oxygens (including phenoxy) is 1. The number of carboxylic acids is 1. The lowest BCUT2D eigenvalue weighted by Crippen LogP contribution is -2.02. The standard InChI is InChI=1S/C13H11N3O5/c1-7-5-8(2)15-13(14-7)21-11-6-9(12(17)18)3-4-10(11)16(19)20/h3-6H,1-2H3,(H,17,18). The second kappa shape index (κ2) is 5.53. The summed E-state index contributed by atoms with van der Waals surface area (Å²) in [5, 5.41) is 19.9. The number of carbonyl (C=O) groups is 1. The minimum atomic E-state index is -1.21. The molecule has 0 spiro atoms. The fourth-order valence-corrected chi connectivity index (χ4v) is 1.72. The smallest absolute Gasteiger partial charge is 0.335 e. The van der Waals surface area contributed by atoms with Crippen LogP contribution in [0.25, 0.3) is 0 Å². The number of aryl methyl sites for hydroxylation is 2. The van der Waals surface area contributed by atoms with Gasteiger partial charge in [0, 0.05) is 23.5 Å². The number of nitrogens with zero attached hydrogens (tertiary/aromatic N) is 3. The Hall–Kier alpha value is -3.03. The van der Waals surface area contributed by atoms with Crippen LogP contribution in [0.2, 0.25) is 0 Å². The molecule has 1 aromatic heterocycles. The van der Waals surface area contributed by atoms with Crippen LogP contribution in [-0.4, -0.2) is 26.0 Å². The van der Waals surface area contributed by atoms with Gasteiger partial charge in [-0.05, 0) is 26.0 Å². The molecule has 0 saturated heterocycles. The first-order valence-corrected chi connectivity index (χ1v) is 5.88. The van der Waals surface area contributed by atoms with E-state index in [1.54, 1.807) is 19.9 Å². The van der Waals surface area contributed by atoms with E-state index in [4.69, 9.17) is 9.84 Å². The molecular formula is C13H11N3O5. The van der Waals surface area contributed by atoms with Crippen LogP contribution in [-0.2, 0) is 0 Å². The number of aromatic nitrogens is 2. The average Bonchev–Trinajstić information content (AvgIpc) is 2.36. The van der Waals surface area contributed by atoms with E-state index in [0.717, 1.165) is 18.2 Å². The van der Waals surface area contributed by atoms with Crippen molar-refractivity contribution in [2.45, 2.75) is 13.8 Å². The molecule has 0 bridgehead atoms. The molecule has 0 aliphatic rings. The van der Waals surface area contributed by atoms with Crippen molar-refractivity contribution in [2.24, 2.45) is 0 Å². The first-order valence-electron chi connectivity index (χ1n) is 5.88. The van der Waals surface area contributed by atoms with Crippen molar-refractivity contribution < 1.29 is 19.6 Å². The molecule has 1 aromatic carbocycles. The highest BCUT2D eigenvalue weighted by atomic mass is 16.6. The van der Waals surface area contributed by atoms with Crippen LogP contribution in [0.15, 0.2) is 24.3 Å². The van der Waals surface area contributed by atoms with Crippen molar-refractivity contribution in [3.05, 3.63) is 51.3 Å². The van der Waals surface area contributed by atoms with Crippen molar-refractivity contribution in [1.82, 2.24) is 9.97 Å². The lowest BCUT2D eigenvalue weighted by Gasteiger charge is -2.07. The van der Waals surface area contributed by atoms with Crippen LogP contribution < -0.4 is 4.74 Å². The molecule has 0 aliphatic carbocycles. The van der Waals surface area contributed by atoms with E-state index < -0.39 is 10.9 Å². The summed E-state index contributed by atoms with van der Waals surface area (Å²) in [6.45, 7) is 3.45. The molecule has 0 radical (unpaired) electrons. The highest BCUT2D eigenvalue weighted by Gasteiger charge is 2.19. The summed E-state index contributed by atoms with van der Waals surface area (Å²) in [6.07, 6.45) is 0. The highest BCUT2D eigenvalue weighted by Crippen LogP contribution is 2.31. The fraction of sp³-hybridized carbons (Fsp3) is 0.154. The molecular weight excluding hydrogens is 278 g/mol. The molecule has 8 heteroatoms. The minimum Gasteiger partial charge on any atom is -0.478 e. The van der Waals surface area contributed by atoms with Crippen LogP contribution in [0.5, 0.6) is 11.8 Å². The Morgan fingerprint density at radius 1 is 1.24 bits per heavy atom. The summed E-state index contributed by atoms with van der Waals surface area (Å²) >= 11 is 0. The molecule has 0 unspecified atom stereocenters. The van der Waals surface area contributed by atoms with Crippen molar-refractivity contribution in [3.8, 4) is 11.8 Å². The highest BCUT2D eigenvalue weighted by molar-refractivity contribution is 5.88. The molecule has 0 amide bonds. The molecule has 108 valence electrons. The number of rotatable bonds is 4. The van der Waals surface area contributed by atoms with Crippen molar-refractivity contribution >= 4 is 11.7 Å². The zero-order valence-electron chi connectivity index (χ0n) is 11.2. The second-order valence-electron chi connectivity index (χ2n) is 4.28. The summed E-state index contributed by atoms with van der Waals surface area (Å²) in [5.41, 5.74) is 0.784. The van der Waals surface area contributed by atoms with Gasteiger partial charge in [-0.15, -0.1) is 0 Å². The van der Waals surface area contributed by atoms with Crippen LogP contribution >= 0.6 is 0 Å². The molecule has 21 heavy (non-hydrogen) atoms. The van der Waals surface area contributed by atoms with E-state index in [0.29, 0.717) is 11.4 Å². The first kappa shape index (κ1) is 14.4. The summed E-state index contributed by atoms with van der Waals surface area (Å²) < 4.78 is 5.30. The van der Waals surface area contributed by atoms with E-state index in [1.165, 1.54) is 0 Å². The van der Waals surface area contributed by atoms with Crippen molar-refractivity contribution in [3.63, 3.8) is 0 Å². The number of hydrogen-bond acceptors (Lipinski definition) is 6. The summed E-state index contributed by atoms with van der Waals surface area (Å²) in [5.74, 6) is -1.43. The predicted molar refractivity (Wildman–Crippen MR) is 71.6 cm³/mol. The molecule has 8 nitrogen and oxygen atoms in total. The molecule has 1 N–H and O–H groups in total. The fourth-order valence-electron chi connectivity index (χ4n) is 1.72.